The number of rotatable bonds is 1. The van der Waals surface area contributed by atoms with Gasteiger partial charge in [0.2, 0.25) is 0 Å². The SMILES string of the molecule is CC(C)[C@H]1C[C@@H](O)[C@H]2[C@@]1(C)CC[C@@]1(C)[C@H]3C(=CC[C@]21C)[C@@]1(C)CC[C@H](O)C(C)(C)[C@@H]1C[C@@H]3O. The largest absolute Gasteiger partial charge is 0.393 e. The van der Waals surface area contributed by atoms with E-state index in [0.29, 0.717) is 17.8 Å². The first-order chi connectivity index (χ1) is 15.1. The number of aliphatic hydroxyl groups is 3. The number of hydrogen-bond acceptors (Lipinski definition) is 3. The van der Waals surface area contributed by atoms with E-state index in [9.17, 15) is 15.3 Å². The van der Waals surface area contributed by atoms with Crippen molar-refractivity contribution in [1.29, 1.82) is 0 Å². The minimum Gasteiger partial charge on any atom is -0.393 e. The second-order valence-corrected chi connectivity index (χ2v) is 15.0. The molecule has 0 heterocycles. The molecule has 0 unspecified atom stereocenters. The van der Waals surface area contributed by atoms with Gasteiger partial charge in [-0.2, -0.15) is 0 Å². The maximum atomic E-state index is 11.8. The molecular formula is C30H50O3. The van der Waals surface area contributed by atoms with Gasteiger partial charge in [0, 0.05) is 5.92 Å². The maximum Gasteiger partial charge on any atom is 0.0614 e. The first-order valence-corrected chi connectivity index (χ1v) is 13.9. The van der Waals surface area contributed by atoms with Gasteiger partial charge >= 0.3 is 0 Å². The normalized spacial score (nSPS) is 57.6. The number of hydrogen-bond donors (Lipinski definition) is 3. The van der Waals surface area contributed by atoms with Gasteiger partial charge in [0.25, 0.3) is 0 Å². The molecule has 0 bridgehead atoms. The Morgan fingerprint density at radius 3 is 2.15 bits per heavy atom. The molecule has 3 N–H and O–H groups in total. The lowest BCUT2D eigenvalue weighted by Gasteiger charge is -2.70. The lowest BCUT2D eigenvalue weighted by molar-refractivity contribution is -0.202. The van der Waals surface area contributed by atoms with Crippen LogP contribution in [0, 0.1) is 56.7 Å². The number of allylic oxidation sites excluding steroid dienone is 1. The lowest BCUT2D eigenvalue weighted by atomic mass is 9.35. The molecule has 0 radical (unpaired) electrons. The smallest absolute Gasteiger partial charge is 0.0614 e. The molecule has 11 atom stereocenters. The molecule has 0 aliphatic heterocycles. The second kappa shape index (κ2) is 7.10. The van der Waals surface area contributed by atoms with Crippen LogP contribution in [0.25, 0.3) is 0 Å². The first-order valence-electron chi connectivity index (χ1n) is 13.9. The standard InChI is InChI=1S/C30H50O3/c1-17(2)19-15-21(32)25-28(19,6)13-14-29(7)24-18(9-12-30(25,29)8)27(5)11-10-23(33)26(3,4)22(27)16-20(24)31/h9,17,19-25,31-33H,10-16H2,1-8H3/t19-,20+,21-,22+,23+,24+,25+,27-,28+,29+,30-/m1/s1. The molecule has 0 spiro atoms. The Morgan fingerprint density at radius 2 is 1.52 bits per heavy atom. The Kier molecular flexibility index (Phi) is 5.23. The minimum absolute atomic E-state index is 0.00883. The van der Waals surface area contributed by atoms with Crippen LogP contribution in [0.15, 0.2) is 11.6 Å². The third kappa shape index (κ3) is 2.80. The molecular weight excluding hydrogens is 408 g/mol. The molecule has 3 heteroatoms. The molecule has 0 saturated heterocycles. The van der Waals surface area contributed by atoms with Crippen LogP contribution >= 0.6 is 0 Å². The van der Waals surface area contributed by atoms with Gasteiger partial charge in [0.05, 0.1) is 18.3 Å². The van der Waals surface area contributed by atoms with E-state index >= 15 is 0 Å². The summed E-state index contributed by atoms with van der Waals surface area (Å²) in [6, 6.07) is 0. The molecule has 0 aromatic heterocycles. The molecule has 5 rings (SSSR count). The summed E-state index contributed by atoms with van der Waals surface area (Å²) in [4.78, 5) is 0. The van der Waals surface area contributed by atoms with E-state index < -0.39 is 0 Å². The zero-order valence-corrected chi connectivity index (χ0v) is 22.5. The summed E-state index contributed by atoms with van der Waals surface area (Å²) in [6.07, 6.45) is 8.51. The molecule has 0 amide bonds. The topological polar surface area (TPSA) is 60.7 Å². The molecule has 188 valence electrons. The monoisotopic (exact) mass is 458 g/mol. The Hall–Kier alpha value is -0.380. The van der Waals surface area contributed by atoms with E-state index in [1.54, 1.807) is 0 Å². The van der Waals surface area contributed by atoms with Gasteiger partial charge < -0.3 is 15.3 Å². The molecule has 4 fully saturated rings. The summed E-state index contributed by atoms with van der Waals surface area (Å²) in [5, 5.41) is 34.2. The minimum atomic E-state index is -0.368. The van der Waals surface area contributed by atoms with Gasteiger partial charge in [-0.3, -0.25) is 0 Å². The van der Waals surface area contributed by atoms with Gasteiger partial charge in [0.1, 0.15) is 0 Å². The highest BCUT2D eigenvalue weighted by molar-refractivity contribution is 5.35. The fourth-order valence-corrected chi connectivity index (χ4v) is 11.2. The van der Waals surface area contributed by atoms with E-state index in [2.05, 4.69) is 61.5 Å². The average Bonchev–Trinajstić information content (AvgIpc) is 3.00. The van der Waals surface area contributed by atoms with Crippen molar-refractivity contribution in [1.82, 2.24) is 0 Å². The van der Waals surface area contributed by atoms with E-state index in [4.69, 9.17) is 0 Å². The van der Waals surface area contributed by atoms with E-state index in [-0.39, 0.29) is 57.2 Å². The lowest BCUT2D eigenvalue weighted by Crippen LogP contribution is -2.66. The third-order valence-electron chi connectivity index (χ3n) is 13.2. The third-order valence-corrected chi connectivity index (χ3v) is 13.2. The molecule has 3 nitrogen and oxygen atoms in total. The van der Waals surface area contributed by atoms with Gasteiger partial charge in [-0.1, -0.05) is 67.0 Å². The van der Waals surface area contributed by atoms with Crippen LogP contribution in [0.4, 0.5) is 0 Å². The predicted octanol–water partition coefficient (Wildman–Crippen LogP) is 5.97. The molecule has 0 aromatic rings. The van der Waals surface area contributed by atoms with Crippen molar-refractivity contribution in [2.45, 2.75) is 119 Å². The van der Waals surface area contributed by atoms with Gasteiger partial charge in [-0.05, 0) is 95.7 Å². The van der Waals surface area contributed by atoms with Gasteiger partial charge in [0.15, 0.2) is 0 Å². The summed E-state index contributed by atoms with van der Waals surface area (Å²) in [5.41, 5.74) is 1.51. The summed E-state index contributed by atoms with van der Waals surface area (Å²) < 4.78 is 0. The molecule has 33 heavy (non-hydrogen) atoms. The highest BCUT2D eigenvalue weighted by atomic mass is 16.3. The predicted molar refractivity (Wildman–Crippen MR) is 133 cm³/mol. The van der Waals surface area contributed by atoms with E-state index in [1.165, 1.54) is 5.57 Å². The Morgan fingerprint density at radius 1 is 0.848 bits per heavy atom. The maximum absolute atomic E-state index is 11.8. The Bertz CT molecular complexity index is 845. The fourth-order valence-electron chi connectivity index (χ4n) is 11.2. The van der Waals surface area contributed by atoms with Crippen molar-refractivity contribution < 1.29 is 15.3 Å². The first kappa shape index (κ1) is 24.3. The fraction of sp³-hybridized carbons (Fsp3) is 0.933. The molecule has 5 aliphatic carbocycles. The van der Waals surface area contributed by atoms with Crippen LogP contribution < -0.4 is 0 Å². The summed E-state index contributed by atoms with van der Waals surface area (Å²) in [6.45, 7) is 19.0. The molecule has 4 saturated carbocycles. The van der Waals surface area contributed by atoms with Crippen LogP contribution in [0.2, 0.25) is 0 Å². The average molecular weight is 459 g/mol. The summed E-state index contributed by atoms with van der Waals surface area (Å²) in [7, 11) is 0. The molecule has 0 aromatic carbocycles. The Balaban J connectivity index is 1.61. The van der Waals surface area contributed by atoms with Crippen molar-refractivity contribution in [3.8, 4) is 0 Å². The van der Waals surface area contributed by atoms with Crippen LogP contribution in [0.5, 0.6) is 0 Å². The number of fused-ring (bicyclic) bond motifs is 7. The quantitative estimate of drug-likeness (QED) is 0.425. The highest BCUT2D eigenvalue weighted by Crippen LogP contribution is 2.76. The van der Waals surface area contributed by atoms with Crippen molar-refractivity contribution in [2.75, 3.05) is 0 Å². The van der Waals surface area contributed by atoms with Crippen LogP contribution in [0.1, 0.15) is 100 Å². The zero-order valence-electron chi connectivity index (χ0n) is 22.5. The van der Waals surface area contributed by atoms with Crippen molar-refractivity contribution >= 4 is 0 Å². The molecule has 5 aliphatic rings. The van der Waals surface area contributed by atoms with Gasteiger partial charge in [-0.25, -0.2) is 0 Å². The summed E-state index contributed by atoms with van der Waals surface area (Å²) in [5.74, 6) is 1.92. The van der Waals surface area contributed by atoms with Crippen LogP contribution in [0.3, 0.4) is 0 Å². The van der Waals surface area contributed by atoms with Crippen molar-refractivity contribution in [2.24, 2.45) is 56.7 Å². The zero-order chi connectivity index (χ0) is 24.4. The van der Waals surface area contributed by atoms with E-state index in [0.717, 1.165) is 44.9 Å². The van der Waals surface area contributed by atoms with Crippen molar-refractivity contribution in [3.05, 3.63) is 11.6 Å². The Labute approximate surface area is 202 Å². The van der Waals surface area contributed by atoms with Crippen LogP contribution in [-0.4, -0.2) is 33.6 Å². The number of aliphatic hydroxyl groups excluding tert-OH is 3. The van der Waals surface area contributed by atoms with Crippen LogP contribution in [-0.2, 0) is 0 Å². The van der Waals surface area contributed by atoms with Gasteiger partial charge in [-0.15, -0.1) is 0 Å². The van der Waals surface area contributed by atoms with Crippen molar-refractivity contribution in [3.63, 3.8) is 0 Å². The summed E-state index contributed by atoms with van der Waals surface area (Å²) >= 11 is 0. The second-order valence-electron chi connectivity index (χ2n) is 15.0. The van der Waals surface area contributed by atoms with E-state index in [1.807, 2.05) is 0 Å². The highest BCUT2D eigenvalue weighted by Gasteiger charge is 2.71.